The molecule has 3 aromatic rings. The van der Waals surface area contributed by atoms with Crippen molar-refractivity contribution in [3.63, 3.8) is 0 Å². The molecule has 29 heavy (non-hydrogen) atoms. The van der Waals surface area contributed by atoms with Crippen molar-refractivity contribution in [2.75, 3.05) is 5.32 Å². The van der Waals surface area contributed by atoms with E-state index >= 15 is 0 Å². The maximum atomic E-state index is 11.4. The van der Waals surface area contributed by atoms with E-state index < -0.39 is 22.5 Å². The molecule has 0 radical (unpaired) electrons. The molecule has 0 amide bonds. The van der Waals surface area contributed by atoms with E-state index in [-0.39, 0.29) is 21.6 Å². The second-order valence-electron chi connectivity index (χ2n) is 5.87. The minimum absolute atomic E-state index is 0.0595. The zero-order valence-electron chi connectivity index (χ0n) is 14.7. The van der Waals surface area contributed by atoms with Crippen molar-refractivity contribution in [1.82, 2.24) is 4.57 Å². The maximum Gasteiger partial charge on any atom is 0.323 e. The molecule has 0 fully saturated rings. The second kappa shape index (κ2) is 7.95. The summed E-state index contributed by atoms with van der Waals surface area (Å²) in [5, 5.41) is 35.4. The molecule has 0 saturated heterocycles. The van der Waals surface area contributed by atoms with E-state index in [2.05, 4.69) is 15.5 Å². The highest BCUT2D eigenvalue weighted by Crippen LogP contribution is 2.38. The van der Waals surface area contributed by atoms with Crippen LogP contribution in [0.4, 0.5) is 11.4 Å². The number of aliphatic carboxylic acids is 1. The number of nitrogens with one attached hydrogen (secondary N) is 1. The molecule has 0 atom stereocenters. The molecule has 0 spiro atoms. The monoisotopic (exact) mass is 433 g/mol. The molecule has 10 nitrogen and oxygen atoms in total. The van der Waals surface area contributed by atoms with Gasteiger partial charge in [-0.3, -0.25) is 9.36 Å². The molecule has 12 heteroatoms. The molecular formula is C17H15N5O5S2. The lowest BCUT2D eigenvalue weighted by atomic mass is 10.2. The minimum Gasteiger partial charge on any atom is -0.493 e. The molecule has 0 aliphatic rings. The summed E-state index contributed by atoms with van der Waals surface area (Å²) in [6.07, 6.45) is 0. The standard InChI is InChI=1S/C17H15N5O5S2/c18-29(26,27)11-5-3-4-10(8-11)19-17(28)21-20-15-12-6-1-2-7-13(12)22(16(15)25)9-14(23)24/h1-8,25H,9H2,(H,19,28)(H,23,24)(H2,18,26,27). The zero-order chi connectivity index (χ0) is 21.2. The van der Waals surface area contributed by atoms with E-state index in [0.29, 0.717) is 16.6 Å². The third-order valence-corrected chi connectivity index (χ3v) is 4.96. The number of primary sulfonamides is 1. The first-order valence-corrected chi connectivity index (χ1v) is 10.00. The van der Waals surface area contributed by atoms with E-state index in [4.69, 9.17) is 22.5 Å². The summed E-state index contributed by atoms with van der Waals surface area (Å²) in [5.74, 6) is -1.49. The normalized spacial score (nSPS) is 11.8. The van der Waals surface area contributed by atoms with E-state index in [0.717, 1.165) is 0 Å². The quantitative estimate of drug-likeness (QED) is 0.355. The van der Waals surface area contributed by atoms with Crippen LogP contribution in [0.1, 0.15) is 0 Å². The molecule has 0 aliphatic heterocycles. The Balaban J connectivity index is 1.89. The van der Waals surface area contributed by atoms with Crippen molar-refractivity contribution >= 4 is 55.6 Å². The number of azo groups is 1. The fourth-order valence-corrected chi connectivity index (χ4v) is 3.38. The lowest BCUT2D eigenvalue weighted by molar-refractivity contribution is -0.137. The Morgan fingerprint density at radius 2 is 1.93 bits per heavy atom. The molecule has 0 unspecified atom stereocenters. The van der Waals surface area contributed by atoms with Crippen LogP contribution < -0.4 is 10.5 Å². The van der Waals surface area contributed by atoms with Gasteiger partial charge < -0.3 is 15.5 Å². The number of benzene rings is 2. The van der Waals surface area contributed by atoms with Gasteiger partial charge in [-0.2, -0.15) is 0 Å². The fraction of sp³-hybridized carbons (Fsp3) is 0.0588. The molecule has 0 saturated carbocycles. The average molecular weight is 433 g/mol. The number of thiocarbonyl (C=S) groups is 1. The van der Waals surface area contributed by atoms with Crippen LogP contribution in [-0.4, -0.2) is 34.3 Å². The molecule has 1 aromatic heterocycles. The first-order valence-electron chi connectivity index (χ1n) is 8.04. The number of nitrogens with two attached hydrogens (primary N) is 1. The molecule has 0 bridgehead atoms. The number of nitrogens with zero attached hydrogens (tertiary/aromatic N) is 3. The van der Waals surface area contributed by atoms with Crippen LogP contribution in [0.5, 0.6) is 5.88 Å². The Bertz CT molecular complexity index is 1250. The number of aromatic hydroxyl groups is 1. The highest BCUT2D eigenvalue weighted by atomic mass is 32.2. The van der Waals surface area contributed by atoms with Gasteiger partial charge in [0.15, 0.2) is 5.69 Å². The van der Waals surface area contributed by atoms with Gasteiger partial charge in [-0.15, -0.1) is 10.2 Å². The first-order chi connectivity index (χ1) is 13.7. The van der Waals surface area contributed by atoms with Gasteiger partial charge in [0.2, 0.25) is 21.0 Å². The molecular weight excluding hydrogens is 418 g/mol. The van der Waals surface area contributed by atoms with Gasteiger partial charge in [-0.25, -0.2) is 13.6 Å². The summed E-state index contributed by atoms with van der Waals surface area (Å²) >= 11 is 5.08. The molecule has 0 aliphatic carbocycles. The number of rotatable bonds is 5. The number of anilines is 1. The average Bonchev–Trinajstić information content (AvgIpc) is 2.91. The number of hydrogen-bond acceptors (Lipinski definition) is 6. The number of hydrogen-bond donors (Lipinski definition) is 4. The van der Waals surface area contributed by atoms with Crippen molar-refractivity contribution in [2.45, 2.75) is 11.4 Å². The number of aromatic nitrogens is 1. The second-order valence-corrected chi connectivity index (χ2v) is 7.82. The van der Waals surface area contributed by atoms with E-state index in [1.807, 2.05) is 0 Å². The molecule has 5 N–H and O–H groups in total. The van der Waals surface area contributed by atoms with Crippen LogP contribution in [0.3, 0.4) is 0 Å². The van der Waals surface area contributed by atoms with Crippen molar-refractivity contribution in [1.29, 1.82) is 0 Å². The van der Waals surface area contributed by atoms with Gasteiger partial charge in [0.1, 0.15) is 6.54 Å². The predicted molar refractivity (Wildman–Crippen MR) is 110 cm³/mol. The van der Waals surface area contributed by atoms with Gasteiger partial charge in [0.05, 0.1) is 10.4 Å². The highest BCUT2D eigenvalue weighted by Gasteiger charge is 2.18. The van der Waals surface area contributed by atoms with E-state index in [9.17, 15) is 18.3 Å². The smallest absolute Gasteiger partial charge is 0.323 e. The van der Waals surface area contributed by atoms with Crippen molar-refractivity contribution in [3.05, 3.63) is 48.5 Å². The first kappa shape index (κ1) is 20.4. The number of carboxylic acid groups (broad SMARTS) is 1. The van der Waals surface area contributed by atoms with Crippen molar-refractivity contribution in [3.8, 4) is 5.88 Å². The number of sulfonamides is 1. The summed E-state index contributed by atoms with van der Waals surface area (Å²) in [5.41, 5.74) is 0.864. The molecule has 2 aromatic carbocycles. The zero-order valence-corrected chi connectivity index (χ0v) is 16.3. The number of fused-ring (bicyclic) bond motifs is 1. The van der Waals surface area contributed by atoms with Gasteiger partial charge in [-0.1, -0.05) is 24.3 Å². The number of carbonyl (C=O) groups is 1. The van der Waals surface area contributed by atoms with Crippen LogP contribution in [0.15, 0.2) is 63.7 Å². The van der Waals surface area contributed by atoms with Crippen LogP contribution in [0.2, 0.25) is 0 Å². The van der Waals surface area contributed by atoms with Gasteiger partial charge in [0.25, 0.3) is 0 Å². The Morgan fingerprint density at radius 3 is 2.62 bits per heavy atom. The van der Waals surface area contributed by atoms with Crippen LogP contribution in [0, 0.1) is 0 Å². The Hall–Kier alpha value is -3.35. The lowest BCUT2D eigenvalue weighted by Crippen LogP contribution is -2.13. The van der Waals surface area contributed by atoms with Crippen LogP contribution >= 0.6 is 12.2 Å². The Kier molecular flexibility index (Phi) is 5.59. The van der Waals surface area contributed by atoms with E-state index in [1.54, 1.807) is 30.3 Å². The van der Waals surface area contributed by atoms with Crippen LogP contribution in [0.25, 0.3) is 10.9 Å². The van der Waals surface area contributed by atoms with Crippen molar-refractivity contribution < 1.29 is 23.4 Å². The summed E-state index contributed by atoms with van der Waals surface area (Å²) in [7, 11) is -3.87. The van der Waals surface area contributed by atoms with Gasteiger partial charge >= 0.3 is 5.97 Å². The number of para-hydroxylation sites is 1. The number of carboxylic acids is 1. The topological polar surface area (TPSA) is 159 Å². The molecule has 150 valence electrons. The predicted octanol–water partition coefficient (Wildman–Crippen LogP) is 2.56. The summed E-state index contributed by atoms with van der Waals surface area (Å²) in [6.45, 7) is -0.453. The Morgan fingerprint density at radius 1 is 1.21 bits per heavy atom. The van der Waals surface area contributed by atoms with Gasteiger partial charge in [0, 0.05) is 11.1 Å². The third kappa shape index (κ3) is 4.56. The Labute approximate surface area is 170 Å². The third-order valence-electron chi connectivity index (χ3n) is 3.87. The highest BCUT2D eigenvalue weighted by molar-refractivity contribution is 7.89. The van der Waals surface area contributed by atoms with Crippen LogP contribution in [-0.2, 0) is 21.4 Å². The maximum absolute atomic E-state index is 11.4. The lowest BCUT2D eigenvalue weighted by Gasteiger charge is -2.05. The van der Waals surface area contributed by atoms with Crippen molar-refractivity contribution in [2.24, 2.45) is 15.4 Å². The van der Waals surface area contributed by atoms with E-state index in [1.165, 1.54) is 22.8 Å². The summed E-state index contributed by atoms with van der Waals surface area (Å²) in [6, 6.07) is 12.4. The summed E-state index contributed by atoms with van der Waals surface area (Å²) < 4.78 is 24.0. The fourth-order valence-electron chi connectivity index (χ4n) is 2.66. The van der Waals surface area contributed by atoms with Gasteiger partial charge in [-0.05, 0) is 36.5 Å². The molecule has 3 rings (SSSR count). The molecule has 1 heterocycles. The summed E-state index contributed by atoms with van der Waals surface area (Å²) in [4.78, 5) is 11.0. The minimum atomic E-state index is -3.87. The largest absolute Gasteiger partial charge is 0.493 e. The SMILES string of the molecule is NS(=O)(=O)c1cccc(NC(=S)N=Nc2c(O)n(CC(=O)O)c3ccccc23)c1.